The molecule has 12 heteroatoms. The summed E-state index contributed by atoms with van der Waals surface area (Å²) < 4.78 is 25.8. The number of benzene rings is 2. The number of nitrogens with two attached hydrogens (primary N) is 1. The van der Waals surface area contributed by atoms with Gasteiger partial charge in [0.25, 0.3) is 5.89 Å². The molecule has 33 heavy (non-hydrogen) atoms. The molecule has 3 N–H and O–H groups in total. The van der Waals surface area contributed by atoms with Gasteiger partial charge in [0, 0.05) is 10.6 Å². The lowest BCUT2D eigenvalue weighted by Gasteiger charge is -2.08. The maximum atomic E-state index is 14.0. The Morgan fingerprint density at radius 1 is 1.30 bits per heavy atom. The zero-order valence-corrected chi connectivity index (χ0v) is 19.1. The number of nitrogens with one attached hydrogen (secondary N) is 1. The molecule has 0 saturated heterocycles. The number of methoxy groups -OCH3 is 1. The number of thioether (sulfide) groups is 1. The molecule has 0 aliphatic rings. The summed E-state index contributed by atoms with van der Waals surface area (Å²) in [5.41, 5.74) is 7.41. The SMILES string of the molecule is COc1ccc(-c2noc(-c3c(SC)nn(CC(=O)Nc4ccc(Cl)cc4F)c3N)n2)cc1. The number of carbonyl (C=O) groups is 1. The minimum atomic E-state index is -0.647. The van der Waals surface area contributed by atoms with Crippen molar-refractivity contribution in [2.75, 3.05) is 24.4 Å². The van der Waals surface area contributed by atoms with Crippen molar-refractivity contribution >= 4 is 40.8 Å². The standard InChI is InChI=1S/C21H18ClFN6O3S/c1-31-13-6-3-11(4-7-13)19-26-20(32-28-19)17-18(24)29(27-21(17)33-2)10-16(30)25-15-8-5-12(22)9-14(15)23/h3-9H,10,24H2,1-2H3,(H,25,30). The van der Waals surface area contributed by atoms with Crippen LogP contribution >= 0.6 is 23.4 Å². The third-order valence-corrected chi connectivity index (χ3v) is 5.55. The largest absolute Gasteiger partial charge is 0.497 e. The lowest BCUT2D eigenvalue weighted by molar-refractivity contribution is -0.116. The van der Waals surface area contributed by atoms with Gasteiger partial charge < -0.3 is 20.3 Å². The van der Waals surface area contributed by atoms with Gasteiger partial charge in [-0.2, -0.15) is 10.1 Å². The normalized spacial score (nSPS) is 10.9. The Morgan fingerprint density at radius 3 is 2.73 bits per heavy atom. The summed E-state index contributed by atoms with van der Waals surface area (Å²) in [4.78, 5) is 16.9. The number of aromatic nitrogens is 4. The molecule has 0 radical (unpaired) electrons. The Labute approximate surface area is 197 Å². The van der Waals surface area contributed by atoms with Crippen molar-refractivity contribution in [1.29, 1.82) is 0 Å². The van der Waals surface area contributed by atoms with Crippen LogP contribution in [0.1, 0.15) is 0 Å². The maximum absolute atomic E-state index is 14.0. The third kappa shape index (κ3) is 4.78. The second kappa shape index (κ2) is 9.51. The van der Waals surface area contributed by atoms with E-state index in [1.54, 1.807) is 37.6 Å². The van der Waals surface area contributed by atoms with Gasteiger partial charge in [-0.1, -0.05) is 16.8 Å². The van der Waals surface area contributed by atoms with Crippen molar-refractivity contribution < 1.29 is 18.4 Å². The van der Waals surface area contributed by atoms with Gasteiger partial charge in [0.05, 0.1) is 12.8 Å². The number of nitrogens with zero attached hydrogens (tertiary/aromatic N) is 4. The Balaban J connectivity index is 1.57. The molecule has 2 aromatic heterocycles. The molecule has 0 aliphatic heterocycles. The number of carbonyl (C=O) groups excluding carboxylic acids is 1. The predicted octanol–water partition coefficient (Wildman–Crippen LogP) is 4.34. The zero-order chi connectivity index (χ0) is 23.5. The Morgan fingerprint density at radius 2 is 2.06 bits per heavy atom. The molecular formula is C21H18ClFN6O3S. The molecule has 2 aromatic carbocycles. The van der Waals surface area contributed by atoms with Crippen LogP contribution in [0.3, 0.4) is 0 Å². The average molecular weight is 489 g/mol. The number of hydrogen-bond donors (Lipinski definition) is 2. The van der Waals surface area contributed by atoms with E-state index < -0.39 is 11.7 Å². The highest BCUT2D eigenvalue weighted by Crippen LogP contribution is 2.35. The smallest absolute Gasteiger partial charge is 0.264 e. The third-order valence-electron chi connectivity index (χ3n) is 4.64. The number of rotatable bonds is 7. The minimum absolute atomic E-state index is 0.00137. The number of anilines is 2. The Bertz CT molecular complexity index is 1310. The number of nitrogen functional groups attached to an aromatic ring is 1. The second-order valence-electron chi connectivity index (χ2n) is 6.75. The molecular weight excluding hydrogens is 471 g/mol. The van der Waals surface area contributed by atoms with E-state index in [0.717, 1.165) is 11.6 Å². The molecule has 1 amide bonds. The second-order valence-corrected chi connectivity index (χ2v) is 7.98. The first-order chi connectivity index (χ1) is 15.9. The van der Waals surface area contributed by atoms with E-state index in [-0.39, 0.29) is 29.0 Å². The molecule has 0 fully saturated rings. The average Bonchev–Trinajstić information content (AvgIpc) is 3.40. The molecule has 0 bridgehead atoms. The quantitative estimate of drug-likeness (QED) is 0.368. The van der Waals surface area contributed by atoms with Crippen molar-refractivity contribution in [2.45, 2.75) is 11.6 Å². The van der Waals surface area contributed by atoms with E-state index in [9.17, 15) is 9.18 Å². The van der Waals surface area contributed by atoms with Gasteiger partial charge >= 0.3 is 0 Å². The van der Waals surface area contributed by atoms with Crippen LogP contribution in [0.25, 0.3) is 22.8 Å². The van der Waals surface area contributed by atoms with Crippen LogP contribution < -0.4 is 15.8 Å². The molecule has 0 atom stereocenters. The fourth-order valence-corrected chi connectivity index (χ4v) is 3.75. The summed E-state index contributed by atoms with van der Waals surface area (Å²) in [6.07, 6.45) is 1.81. The summed E-state index contributed by atoms with van der Waals surface area (Å²) in [5, 5.41) is 11.6. The molecule has 4 aromatic rings. The van der Waals surface area contributed by atoms with E-state index in [4.69, 9.17) is 26.6 Å². The Kier molecular flexibility index (Phi) is 6.52. The minimum Gasteiger partial charge on any atom is -0.497 e. The number of amides is 1. The lowest BCUT2D eigenvalue weighted by atomic mass is 10.2. The predicted molar refractivity (Wildman–Crippen MR) is 124 cm³/mol. The zero-order valence-electron chi connectivity index (χ0n) is 17.5. The summed E-state index contributed by atoms with van der Waals surface area (Å²) >= 11 is 7.05. The van der Waals surface area contributed by atoms with Gasteiger partial charge in [-0.25, -0.2) is 9.07 Å². The molecule has 0 unspecified atom stereocenters. The lowest BCUT2D eigenvalue weighted by Crippen LogP contribution is -2.21. The van der Waals surface area contributed by atoms with E-state index in [2.05, 4.69) is 20.6 Å². The topological polar surface area (TPSA) is 121 Å². The van der Waals surface area contributed by atoms with E-state index in [0.29, 0.717) is 22.2 Å². The molecule has 0 saturated carbocycles. The van der Waals surface area contributed by atoms with Crippen LogP contribution in [0.5, 0.6) is 5.75 Å². The first-order valence-electron chi connectivity index (χ1n) is 9.53. The van der Waals surface area contributed by atoms with E-state index in [1.807, 2.05) is 0 Å². The molecule has 0 spiro atoms. The van der Waals surface area contributed by atoms with Crippen molar-refractivity contribution in [1.82, 2.24) is 19.9 Å². The van der Waals surface area contributed by atoms with Gasteiger partial charge in [0.2, 0.25) is 11.7 Å². The Hall–Kier alpha value is -3.57. The van der Waals surface area contributed by atoms with Crippen molar-refractivity contribution in [2.24, 2.45) is 0 Å². The van der Waals surface area contributed by atoms with Crippen LogP contribution in [0.2, 0.25) is 5.02 Å². The molecule has 170 valence electrons. The van der Waals surface area contributed by atoms with Crippen LogP contribution in [0.15, 0.2) is 52.0 Å². The highest BCUT2D eigenvalue weighted by atomic mass is 35.5. The van der Waals surface area contributed by atoms with Gasteiger partial charge in [-0.05, 0) is 48.7 Å². The van der Waals surface area contributed by atoms with Gasteiger partial charge in [-0.15, -0.1) is 11.8 Å². The number of ether oxygens (including phenoxy) is 1. The molecule has 4 rings (SSSR count). The first-order valence-corrected chi connectivity index (χ1v) is 11.1. The highest BCUT2D eigenvalue weighted by molar-refractivity contribution is 7.98. The fraction of sp³-hybridized carbons (Fsp3) is 0.143. The molecule has 9 nitrogen and oxygen atoms in total. The summed E-state index contributed by atoms with van der Waals surface area (Å²) in [7, 11) is 1.58. The summed E-state index contributed by atoms with van der Waals surface area (Å²) in [6.45, 7) is -0.249. The first kappa shape index (κ1) is 22.6. The van der Waals surface area contributed by atoms with Crippen LogP contribution in [0.4, 0.5) is 15.9 Å². The van der Waals surface area contributed by atoms with Gasteiger partial charge in [0.1, 0.15) is 34.5 Å². The van der Waals surface area contributed by atoms with E-state index in [1.165, 1.54) is 28.6 Å². The van der Waals surface area contributed by atoms with Crippen molar-refractivity contribution in [3.05, 3.63) is 53.3 Å². The van der Waals surface area contributed by atoms with Crippen molar-refractivity contribution in [3.63, 3.8) is 0 Å². The van der Waals surface area contributed by atoms with Crippen molar-refractivity contribution in [3.8, 4) is 28.6 Å². The van der Waals surface area contributed by atoms with E-state index >= 15 is 0 Å². The summed E-state index contributed by atoms with van der Waals surface area (Å²) in [5.74, 6) is 0.229. The van der Waals surface area contributed by atoms with Crippen LogP contribution in [-0.4, -0.2) is 39.2 Å². The number of halogens is 2. The van der Waals surface area contributed by atoms with Crippen LogP contribution in [0, 0.1) is 5.82 Å². The molecule has 2 heterocycles. The number of hydrogen-bond acceptors (Lipinski definition) is 8. The maximum Gasteiger partial charge on any atom is 0.264 e. The highest BCUT2D eigenvalue weighted by Gasteiger charge is 2.24. The van der Waals surface area contributed by atoms with Crippen LogP contribution in [-0.2, 0) is 11.3 Å². The van der Waals surface area contributed by atoms with Gasteiger partial charge in [-0.3, -0.25) is 4.79 Å². The fourth-order valence-electron chi connectivity index (χ4n) is 3.02. The monoisotopic (exact) mass is 488 g/mol. The molecule has 0 aliphatic carbocycles. The van der Waals surface area contributed by atoms with Gasteiger partial charge in [0.15, 0.2) is 0 Å². The summed E-state index contributed by atoms with van der Waals surface area (Å²) in [6, 6.07) is 11.1.